The molecule has 10 aromatic rings. The van der Waals surface area contributed by atoms with Crippen molar-refractivity contribution in [1.82, 2.24) is 0 Å². The smallest absolute Gasteiger partial charge is 0.179 e. The van der Waals surface area contributed by atoms with E-state index in [0.29, 0.717) is 11.1 Å². The molecule has 0 saturated heterocycles. The van der Waals surface area contributed by atoms with Crippen LogP contribution in [-0.2, 0) is 0 Å². The Morgan fingerprint density at radius 3 is 1.11 bits per heavy atom. The van der Waals surface area contributed by atoms with E-state index < -0.39 is 23.3 Å². The molecule has 10 heteroatoms. The minimum absolute atomic E-state index is 0.0677. The first-order valence-electron chi connectivity index (χ1n) is 14.1. The van der Waals surface area contributed by atoms with Gasteiger partial charge in [0.25, 0.3) is 0 Å². The molecule has 0 atom stereocenters. The van der Waals surface area contributed by atoms with E-state index in [2.05, 4.69) is 24.3 Å². The van der Waals surface area contributed by atoms with E-state index in [4.69, 9.17) is 0 Å². The topological polar surface area (TPSA) is 0 Å². The summed E-state index contributed by atoms with van der Waals surface area (Å²) in [4.78, 5) is -0.332. The summed E-state index contributed by atoms with van der Waals surface area (Å²) in [6, 6.07) is 27.6. The van der Waals surface area contributed by atoms with Crippen LogP contribution in [0.3, 0.4) is 0 Å². The number of hydrogen-bond donors (Lipinski definition) is 0. The maximum absolute atomic E-state index is 15.5. The van der Waals surface area contributed by atoms with Gasteiger partial charge in [0.1, 0.15) is 0 Å². The van der Waals surface area contributed by atoms with Crippen molar-refractivity contribution in [3.05, 3.63) is 108 Å². The van der Waals surface area contributed by atoms with Crippen molar-refractivity contribution in [2.24, 2.45) is 0 Å². The van der Waals surface area contributed by atoms with Crippen LogP contribution in [0.25, 0.3) is 89.8 Å². The summed E-state index contributed by atoms with van der Waals surface area (Å²) < 4.78 is 71.0. The molecule has 6 aromatic heterocycles. The predicted octanol–water partition coefficient (Wildman–Crippen LogP) is 14.5. The molecule has 0 aliphatic carbocycles. The monoisotopic (exact) mass is 714 g/mol. The molecule has 0 fully saturated rings. The first kappa shape index (κ1) is 27.5. The Balaban J connectivity index is 1.06. The van der Waals surface area contributed by atoms with Gasteiger partial charge in [-0.1, -0.05) is 60.7 Å². The number of rotatable bonds is 3. The van der Waals surface area contributed by atoms with Crippen LogP contribution in [0.15, 0.2) is 84.9 Å². The summed E-state index contributed by atoms with van der Waals surface area (Å²) >= 11 is 8.31. The molecule has 0 amide bonds. The number of benzene rings is 4. The molecular formula is C36H14F4S6. The second kappa shape index (κ2) is 9.93. The van der Waals surface area contributed by atoms with Crippen LogP contribution in [0.5, 0.6) is 0 Å². The van der Waals surface area contributed by atoms with Gasteiger partial charge in [-0.05, 0) is 35.4 Å². The lowest BCUT2D eigenvalue weighted by molar-refractivity contribution is 0.513. The highest BCUT2D eigenvalue weighted by atomic mass is 32.1. The normalized spacial score (nSPS) is 12.3. The van der Waals surface area contributed by atoms with Crippen molar-refractivity contribution in [3.8, 4) is 30.6 Å². The summed E-state index contributed by atoms with van der Waals surface area (Å²) in [5.41, 5.74) is 1.01. The standard InChI is InChI=1S/C36H14F4S6/c37-25-27(39)35(45-29(25)15-9-11-19-23(13-15)43-31-17-5-1-3-7-21(17)41-33(19)31)36-28(40)26(38)30(46-36)16-10-12-20-24(14-16)44-32-18-6-2-4-8-22(18)42-34(20)32/h1-14H. The fourth-order valence-corrected chi connectivity index (χ4v) is 13.8. The third-order valence-corrected chi connectivity index (χ3v) is 15.9. The fourth-order valence-electron chi connectivity index (χ4n) is 6.14. The Labute approximate surface area is 281 Å². The van der Waals surface area contributed by atoms with E-state index in [0.717, 1.165) is 42.8 Å². The van der Waals surface area contributed by atoms with Crippen molar-refractivity contribution in [2.75, 3.05) is 0 Å². The van der Waals surface area contributed by atoms with Crippen molar-refractivity contribution < 1.29 is 17.6 Å². The van der Waals surface area contributed by atoms with Gasteiger partial charge in [-0.3, -0.25) is 0 Å². The first-order chi connectivity index (χ1) is 22.4. The largest absolute Gasteiger partial charge is 0.202 e. The van der Waals surface area contributed by atoms with Crippen LogP contribution in [0, 0.1) is 23.3 Å². The zero-order valence-corrected chi connectivity index (χ0v) is 27.9. The summed E-state index contributed by atoms with van der Waals surface area (Å²) in [5, 5.41) is 4.49. The molecule has 0 bridgehead atoms. The molecule has 4 aromatic carbocycles. The van der Waals surface area contributed by atoms with Gasteiger partial charge in [0, 0.05) is 40.3 Å². The molecule has 0 aliphatic rings. The van der Waals surface area contributed by atoms with Crippen molar-refractivity contribution >= 4 is 127 Å². The Bertz CT molecular complexity index is 2680. The Morgan fingerprint density at radius 2 is 0.674 bits per heavy atom. The Hall–Kier alpha value is -3.64. The highest BCUT2D eigenvalue weighted by Crippen LogP contribution is 2.50. The summed E-state index contributed by atoms with van der Waals surface area (Å²) in [7, 11) is 0. The van der Waals surface area contributed by atoms with E-state index >= 15 is 17.6 Å². The van der Waals surface area contributed by atoms with E-state index in [-0.39, 0.29) is 19.5 Å². The number of hydrogen-bond acceptors (Lipinski definition) is 6. The van der Waals surface area contributed by atoms with Crippen LogP contribution < -0.4 is 0 Å². The lowest BCUT2D eigenvalue weighted by atomic mass is 10.1. The summed E-state index contributed by atoms with van der Waals surface area (Å²) in [6.07, 6.45) is 0. The van der Waals surface area contributed by atoms with Gasteiger partial charge in [0.05, 0.1) is 38.3 Å². The maximum atomic E-state index is 15.5. The average molecular weight is 715 g/mol. The molecule has 46 heavy (non-hydrogen) atoms. The summed E-state index contributed by atoms with van der Waals surface area (Å²) in [5.74, 6) is -4.42. The van der Waals surface area contributed by atoms with Gasteiger partial charge in [0.15, 0.2) is 23.3 Å². The van der Waals surface area contributed by atoms with Crippen molar-refractivity contribution in [3.63, 3.8) is 0 Å². The molecule has 0 radical (unpaired) electrons. The third kappa shape index (κ3) is 3.79. The highest BCUT2D eigenvalue weighted by Gasteiger charge is 2.29. The lowest BCUT2D eigenvalue weighted by Crippen LogP contribution is -1.83. The molecule has 222 valence electrons. The van der Waals surface area contributed by atoms with Crippen LogP contribution in [0.2, 0.25) is 0 Å². The summed E-state index contributed by atoms with van der Waals surface area (Å²) in [6.45, 7) is 0. The molecule has 0 saturated carbocycles. The zero-order valence-electron chi connectivity index (χ0n) is 23.0. The average Bonchev–Trinajstić information content (AvgIpc) is 3.90. The molecular weight excluding hydrogens is 701 g/mol. The third-order valence-electron chi connectivity index (χ3n) is 8.30. The van der Waals surface area contributed by atoms with Crippen LogP contribution in [0.4, 0.5) is 17.6 Å². The first-order valence-corrected chi connectivity index (χ1v) is 19.0. The van der Waals surface area contributed by atoms with Crippen molar-refractivity contribution in [1.29, 1.82) is 0 Å². The van der Waals surface area contributed by atoms with Gasteiger partial charge in [-0.2, -0.15) is 0 Å². The second-order valence-electron chi connectivity index (χ2n) is 10.9. The van der Waals surface area contributed by atoms with Crippen LogP contribution >= 0.6 is 68.0 Å². The van der Waals surface area contributed by atoms with Crippen molar-refractivity contribution in [2.45, 2.75) is 0 Å². The number of fused-ring (bicyclic) bond motifs is 10. The van der Waals surface area contributed by atoms with E-state index in [9.17, 15) is 0 Å². The maximum Gasteiger partial charge on any atom is 0.179 e. The predicted molar refractivity (Wildman–Crippen MR) is 195 cm³/mol. The fraction of sp³-hybridized carbons (Fsp3) is 0. The molecule has 0 aliphatic heterocycles. The Morgan fingerprint density at radius 1 is 0.326 bits per heavy atom. The molecule has 0 nitrogen and oxygen atoms in total. The van der Waals surface area contributed by atoms with Gasteiger partial charge in [-0.15, -0.1) is 68.0 Å². The van der Waals surface area contributed by atoms with E-state index in [1.165, 1.54) is 39.0 Å². The number of halogens is 4. The molecule has 0 N–H and O–H groups in total. The van der Waals surface area contributed by atoms with Gasteiger partial charge >= 0.3 is 0 Å². The van der Waals surface area contributed by atoms with Crippen LogP contribution in [0.1, 0.15) is 0 Å². The van der Waals surface area contributed by atoms with E-state index in [1.54, 1.807) is 57.5 Å². The van der Waals surface area contributed by atoms with Gasteiger partial charge in [0.2, 0.25) is 0 Å². The molecule has 10 rings (SSSR count). The minimum Gasteiger partial charge on any atom is -0.202 e. The van der Waals surface area contributed by atoms with E-state index in [1.807, 2.05) is 48.5 Å². The molecule has 0 spiro atoms. The molecule has 6 heterocycles. The quantitative estimate of drug-likeness (QED) is 0.160. The minimum atomic E-state index is -1.16. The molecule has 0 unspecified atom stereocenters. The van der Waals surface area contributed by atoms with Gasteiger partial charge in [-0.25, -0.2) is 17.6 Å². The highest BCUT2D eigenvalue weighted by molar-refractivity contribution is 7.37. The SMILES string of the molecule is Fc1c(-c2ccc3c(c2)sc2c4ccccc4sc32)sc(-c2sc(-c3ccc4c(c3)sc3c5ccccc5sc43)c(F)c2F)c1F. The van der Waals surface area contributed by atoms with Gasteiger partial charge < -0.3 is 0 Å². The lowest BCUT2D eigenvalue weighted by Gasteiger charge is -1.99. The number of thiophene rings is 6. The zero-order chi connectivity index (χ0) is 30.8. The second-order valence-corrected chi connectivity index (χ2v) is 17.2. The Kier molecular flexibility index (Phi) is 5.93. The van der Waals surface area contributed by atoms with Crippen LogP contribution in [-0.4, -0.2) is 0 Å².